The summed E-state index contributed by atoms with van der Waals surface area (Å²) in [5.74, 6) is -0.126. The molecule has 0 bridgehead atoms. The van der Waals surface area contributed by atoms with Crippen LogP contribution in [0.3, 0.4) is 0 Å². The average molecular weight is 408 g/mol. The number of carbonyl (C=O) groups is 1. The van der Waals surface area contributed by atoms with Crippen LogP contribution in [0.15, 0.2) is 47.3 Å². The lowest BCUT2D eigenvalue weighted by atomic mass is 9.88. The maximum absolute atomic E-state index is 13.2. The molecule has 6 nitrogen and oxygen atoms in total. The van der Waals surface area contributed by atoms with Gasteiger partial charge in [-0.3, -0.25) is 14.5 Å². The highest BCUT2D eigenvalue weighted by Gasteiger charge is 2.55. The third kappa shape index (κ3) is 3.30. The molecular weight excluding hydrogens is 378 g/mol. The summed E-state index contributed by atoms with van der Waals surface area (Å²) in [4.78, 5) is 29.8. The molecule has 4 rings (SSSR count). The Morgan fingerprint density at radius 2 is 1.90 bits per heavy atom. The molecule has 1 aromatic carbocycles. The second-order valence-corrected chi connectivity index (χ2v) is 8.34. The average Bonchev–Trinajstić information content (AvgIpc) is 3.27. The van der Waals surface area contributed by atoms with Crippen molar-refractivity contribution in [3.8, 4) is 0 Å². The quantitative estimate of drug-likeness (QED) is 0.824. The van der Waals surface area contributed by atoms with Crippen molar-refractivity contribution >= 4 is 18.1 Å². The number of carbonyl (C=O) groups excluding carboxylic acids is 1. The van der Waals surface area contributed by atoms with Crippen LogP contribution >= 0.6 is 0 Å². The Bertz CT molecular complexity index is 1010. The molecule has 4 atom stereocenters. The van der Waals surface area contributed by atoms with E-state index in [0.29, 0.717) is 18.7 Å². The fraction of sp³-hybridized carbons (Fsp3) is 0.417. The van der Waals surface area contributed by atoms with E-state index >= 15 is 0 Å². The number of amides is 1. The molecular formula is C24H29N3O3. The van der Waals surface area contributed by atoms with Crippen molar-refractivity contribution in [1.29, 1.82) is 0 Å². The summed E-state index contributed by atoms with van der Waals surface area (Å²) in [6, 6.07) is 13.4. The number of aliphatic hydroxyl groups is 1. The van der Waals surface area contributed by atoms with E-state index in [2.05, 4.69) is 4.90 Å². The summed E-state index contributed by atoms with van der Waals surface area (Å²) in [6.07, 6.45) is 3.80. The molecule has 0 radical (unpaired) electrons. The van der Waals surface area contributed by atoms with E-state index in [1.807, 2.05) is 66.1 Å². The van der Waals surface area contributed by atoms with Gasteiger partial charge in [-0.25, -0.2) is 0 Å². The van der Waals surface area contributed by atoms with Crippen LogP contribution in [0.2, 0.25) is 0 Å². The summed E-state index contributed by atoms with van der Waals surface area (Å²) < 4.78 is 1.83. The number of likely N-dealkylation sites (tertiary alicyclic amines) is 1. The number of aromatic nitrogens is 1. The number of rotatable bonds is 5. The molecule has 1 fully saturated rings. The lowest BCUT2D eigenvalue weighted by molar-refractivity contribution is -0.135. The summed E-state index contributed by atoms with van der Waals surface area (Å²) in [6.45, 7) is 3.19. The van der Waals surface area contributed by atoms with Gasteiger partial charge in [0, 0.05) is 50.3 Å². The summed E-state index contributed by atoms with van der Waals surface area (Å²) in [5.41, 5.74) is 2.61. The maximum atomic E-state index is 13.2. The van der Waals surface area contributed by atoms with Gasteiger partial charge in [0.15, 0.2) is 0 Å². The molecule has 1 saturated heterocycles. The van der Waals surface area contributed by atoms with Gasteiger partial charge in [-0.15, -0.1) is 0 Å². The monoisotopic (exact) mass is 407 g/mol. The van der Waals surface area contributed by atoms with Gasteiger partial charge in [-0.05, 0) is 30.3 Å². The van der Waals surface area contributed by atoms with Gasteiger partial charge < -0.3 is 14.6 Å². The second-order valence-electron chi connectivity index (χ2n) is 8.34. The van der Waals surface area contributed by atoms with Gasteiger partial charge in [0.25, 0.3) is 5.56 Å². The minimum atomic E-state index is -0.355. The number of nitrogens with zero attached hydrogens (tertiary/aromatic N) is 3. The maximum Gasteiger partial charge on any atom is 0.258 e. The van der Waals surface area contributed by atoms with Crippen molar-refractivity contribution in [2.75, 3.05) is 27.2 Å². The number of fused-ring (bicyclic) bond motifs is 3. The zero-order chi connectivity index (χ0) is 21.4. The number of pyridine rings is 1. The molecule has 1 N–H and O–H groups in total. The van der Waals surface area contributed by atoms with Crippen molar-refractivity contribution in [2.24, 2.45) is 11.8 Å². The van der Waals surface area contributed by atoms with E-state index in [0.717, 1.165) is 11.3 Å². The van der Waals surface area contributed by atoms with Crippen LogP contribution in [0.1, 0.15) is 29.8 Å². The van der Waals surface area contributed by atoms with Gasteiger partial charge in [0.05, 0.1) is 12.1 Å². The largest absolute Gasteiger partial charge is 0.396 e. The molecule has 0 aliphatic carbocycles. The van der Waals surface area contributed by atoms with Crippen molar-refractivity contribution in [3.05, 3.63) is 69.6 Å². The van der Waals surface area contributed by atoms with E-state index < -0.39 is 0 Å². The molecule has 1 amide bonds. The molecule has 6 heteroatoms. The number of hydrogen-bond acceptors (Lipinski definition) is 4. The van der Waals surface area contributed by atoms with Crippen LogP contribution in [-0.2, 0) is 11.3 Å². The summed E-state index contributed by atoms with van der Waals surface area (Å²) >= 11 is 0. The van der Waals surface area contributed by atoms with Crippen molar-refractivity contribution in [2.45, 2.75) is 25.6 Å². The topological polar surface area (TPSA) is 65.8 Å². The number of benzene rings is 1. The predicted molar refractivity (Wildman–Crippen MR) is 118 cm³/mol. The molecule has 30 heavy (non-hydrogen) atoms. The van der Waals surface area contributed by atoms with E-state index in [1.54, 1.807) is 19.0 Å². The van der Waals surface area contributed by atoms with Gasteiger partial charge in [-0.1, -0.05) is 43.3 Å². The minimum Gasteiger partial charge on any atom is -0.396 e. The Kier molecular flexibility index (Phi) is 5.62. The Morgan fingerprint density at radius 3 is 2.53 bits per heavy atom. The van der Waals surface area contributed by atoms with Crippen molar-refractivity contribution in [3.63, 3.8) is 0 Å². The Labute approximate surface area is 177 Å². The number of aliphatic hydroxyl groups excluding tert-OH is 1. The first-order chi connectivity index (χ1) is 14.5. The molecule has 0 spiro atoms. The van der Waals surface area contributed by atoms with Gasteiger partial charge >= 0.3 is 0 Å². The number of likely N-dealkylation sites (N-methyl/N-ethyl adjacent to an activating group) is 2. The second kappa shape index (κ2) is 8.20. The minimum absolute atomic E-state index is 0.0154. The third-order valence-electron chi connectivity index (χ3n) is 6.53. The van der Waals surface area contributed by atoms with Crippen LogP contribution in [0.5, 0.6) is 0 Å². The highest BCUT2D eigenvalue weighted by Crippen LogP contribution is 2.49. The lowest BCUT2D eigenvalue weighted by Gasteiger charge is -2.31. The predicted octanol–water partition coefficient (Wildman–Crippen LogP) is 2.09. The van der Waals surface area contributed by atoms with Crippen molar-refractivity contribution < 1.29 is 9.90 Å². The fourth-order valence-corrected chi connectivity index (χ4v) is 5.12. The molecule has 2 aliphatic heterocycles. The summed E-state index contributed by atoms with van der Waals surface area (Å²) in [7, 11) is 3.50. The van der Waals surface area contributed by atoms with Crippen LogP contribution in [0, 0.1) is 11.8 Å². The fourth-order valence-electron chi connectivity index (χ4n) is 5.12. The highest BCUT2D eigenvalue weighted by molar-refractivity contribution is 5.82. The lowest BCUT2D eigenvalue weighted by Crippen LogP contribution is -2.47. The van der Waals surface area contributed by atoms with E-state index in [9.17, 15) is 14.7 Å². The van der Waals surface area contributed by atoms with Crippen LogP contribution in [-0.4, -0.2) is 58.7 Å². The molecule has 1 aromatic heterocycles. The Balaban J connectivity index is 1.70. The van der Waals surface area contributed by atoms with Crippen LogP contribution < -0.4 is 5.56 Å². The van der Waals surface area contributed by atoms with Crippen LogP contribution in [0.25, 0.3) is 12.2 Å². The van der Waals surface area contributed by atoms with E-state index in [1.165, 1.54) is 0 Å². The zero-order valence-corrected chi connectivity index (χ0v) is 17.7. The van der Waals surface area contributed by atoms with Gasteiger partial charge in [-0.2, -0.15) is 0 Å². The van der Waals surface area contributed by atoms with Gasteiger partial charge in [0.1, 0.15) is 0 Å². The zero-order valence-electron chi connectivity index (χ0n) is 17.7. The summed E-state index contributed by atoms with van der Waals surface area (Å²) in [5, 5.41) is 10.1. The molecule has 0 unspecified atom stereocenters. The molecule has 3 heterocycles. The van der Waals surface area contributed by atoms with Gasteiger partial charge in [0.2, 0.25) is 5.91 Å². The van der Waals surface area contributed by atoms with E-state index in [-0.39, 0.29) is 42.0 Å². The van der Waals surface area contributed by atoms with E-state index in [4.69, 9.17) is 0 Å². The molecule has 158 valence electrons. The first-order valence-corrected chi connectivity index (χ1v) is 10.5. The van der Waals surface area contributed by atoms with Crippen LogP contribution in [0.4, 0.5) is 0 Å². The van der Waals surface area contributed by atoms with Crippen molar-refractivity contribution in [1.82, 2.24) is 14.4 Å². The SMILES string of the molecule is CCN1[C@@H]2c3ccc(/C=C/c4ccccc4)c(=O)n3C[C@@H]2[C@@H](CO)[C@@H]1C(=O)N(C)C. The Morgan fingerprint density at radius 1 is 1.17 bits per heavy atom. The molecule has 0 saturated carbocycles. The first kappa shape index (κ1) is 20.6. The smallest absolute Gasteiger partial charge is 0.258 e. The number of hydrogen-bond donors (Lipinski definition) is 1. The third-order valence-corrected chi connectivity index (χ3v) is 6.53. The Hall–Kier alpha value is -2.70. The highest BCUT2D eigenvalue weighted by atomic mass is 16.3. The normalized spacial score (nSPS) is 25.5. The molecule has 2 aromatic rings. The standard InChI is InChI=1S/C24H29N3O3/c1-4-26-21-18(19(15-28)22(26)24(30)25(2)3)14-27-20(21)13-12-17(23(27)29)11-10-16-8-6-5-7-9-16/h5-13,18-19,21-22,28H,4,14-15H2,1-3H3/b11-10+/t18-,19-,21+,22-/m1/s1. The molecule has 2 aliphatic rings. The first-order valence-electron chi connectivity index (χ1n) is 10.5.